The summed E-state index contributed by atoms with van der Waals surface area (Å²) in [6.07, 6.45) is 10.4. The minimum absolute atomic E-state index is 0.290. The number of carbonyl (C=O) groups is 2. The molecule has 1 aromatic heterocycles. The molecule has 2 heterocycles. The number of unbranched alkanes of at least 4 members (excludes halogenated alkanes) is 6. The Kier molecular flexibility index (Phi) is 17.4. The Morgan fingerprint density at radius 2 is 1.27 bits per heavy atom. The molecule has 55 heavy (non-hydrogen) atoms. The first kappa shape index (κ1) is 43.7. The number of aromatic amines is 1. The maximum Gasteiger partial charge on any atom is 0.484 e. The number of ether oxygens (including phenoxy) is 3. The van der Waals surface area contributed by atoms with Crippen LogP contribution in [0.15, 0.2) is 82.5 Å². The van der Waals surface area contributed by atoms with Crippen LogP contribution in [0.3, 0.4) is 0 Å². The molecule has 1 aliphatic rings. The fourth-order valence-corrected chi connectivity index (χ4v) is 7.74. The van der Waals surface area contributed by atoms with Crippen LogP contribution in [-0.4, -0.2) is 39.1 Å². The molecular weight excluding hydrogens is 758 g/mol. The molecule has 0 amide bonds. The van der Waals surface area contributed by atoms with Crippen molar-refractivity contribution in [2.75, 3.05) is 6.61 Å². The van der Waals surface area contributed by atoms with Crippen molar-refractivity contribution in [1.82, 2.24) is 9.55 Å². The van der Waals surface area contributed by atoms with Crippen LogP contribution in [0, 0.1) is 0 Å². The Balaban J connectivity index is 1.37. The summed E-state index contributed by atoms with van der Waals surface area (Å²) in [7, 11) is -10.0. The lowest BCUT2D eigenvalue weighted by molar-refractivity contribution is -0.135. The van der Waals surface area contributed by atoms with Crippen LogP contribution in [0.5, 0.6) is 11.5 Å². The van der Waals surface area contributed by atoms with Gasteiger partial charge in [0.15, 0.2) is 6.23 Å². The maximum atomic E-state index is 13.9. The lowest BCUT2D eigenvalue weighted by atomic mass is 10.1. The summed E-state index contributed by atoms with van der Waals surface area (Å²) in [6.45, 7) is 2.80. The van der Waals surface area contributed by atoms with E-state index in [4.69, 9.17) is 32.1 Å². The summed E-state index contributed by atoms with van der Waals surface area (Å²) in [5, 5.41) is 0. The molecule has 300 valence electrons. The molecule has 2 N–H and O–H groups in total. The number of aromatic nitrogens is 2. The van der Waals surface area contributed by atoms with Crippen molar-refractivity contribution < 1.29 is 55.7 Å². The minimum Gasteiger partial charge on any atom is -0.427 e. The summed E-state index contributed by atoms with van der Waals surface area (Å²) < 4.78 is 65.5. The van der Waals surface area contributed by atoms with Crippen molar-refractivity contribution in [1.29, 1.82) is 0 Å². The molecule has 0 radical (unpaired) electrons. The molecule has 18 heteroatoms. The molecule has 4 rings (SSSR count). The molecule has 3 atom stereocenters. The fraction of sp³-hybridized carbons (Fsp3) is 0.459. The van der Waals surface area contributed by atoms with Crippen LogP contribution < -0.4 is 20.7 Å². The van der Waals surface area contributed by atoms with Crippen LogP contribution in [0.25, 0.3) is 0 Å². The molecule has 16 nitrogen and oxygen atoms in total. The van der Waals surface area contributed by atoms with E-state index in [2.05, 4.69) is 18.8 Å². The van der Waals surface area contributed by atoms with Gasteiger partial charge in [-0.3, -0.25) is 37.5 Å². The maximum absolute atomic E-state index is 13.9. The number of phosphoric ester groups is 2. The van der Waals surface area contributed by atoms with Crippen LogP contribution in [0.4, 0.5) is 0 Å². The number of hydrogen-bond acceptors (Lipinski definition) is 13. The van der Waals surface area contributed by atoms with Gasteiger partial charge in [-0.25, -0.2) is 13.9 Å². The van der Waals surface area contributed by atoms with E-state index >= 15 is 0 Å². The van der Waals surface area contributed by atoms with E-state index < -0.39 is 59.0 Å². The molecule has 3 aromatic rings. The zero-order chi connectivity index (χ0) is 39.7. The molecule has 1 aliphatic heterocycles. The largest absolute Gasteiger partial charge is 0.484 e. The number of hydrogen-bond donors (Lipinski definition) is 2. The predicted octanol–water partition coefficient (Wildman–Crippen LogP) is 7.42. The van der Waals surface area contributed by atoms with E-state index in [1.807, 2.05) is 0 Å². The lowest BCUT2D eigenvalue weighted by Crippen LogP contribution is -2.32. The predicted molar refractivity (Wildman–Crippen MR) is 200 cm³/mol. The molecule has 0 aliphatic carbocycles. The first-order valence-corrected chi connectivity index (χ1v) is 21.1. The van der Waals surface area contributed by atoms with Gasteiger partial charge in [0.1, 0.15) is 17.6 Å². The highest BCUT2D eigenvalue weighted by molar-refractivity contribution is 7.61. The van der Waals surface area contributed by atoms with Crippen molar-refractivity contribution in [2.24, 2.45) is 0 Å². The molecule has 0 fully saturated rings. The van der Waals surface area contributed by atoms with Gasteiger partial charge in [0, 0.05) is 25.1 Å². The van der Waals surface area contributed by atoms with Crippen molar-refractivity contribution in [3.63, 3.8) is 0 Å². The van der Waals surface area contributed by atoms with E-state index in [0.29, 0.717) is 22.6 Å². The van der Waals surface area contributed by atoms with E-state index in [9.17, 15) is 33.2 Å². The minimum atomic E-state index is -5.15. The molecule has 0 saturated heterocycles. The van der Waals surface area contributed by atoms with E-state index in [1.54, 1.807) is 24.3 Å². The number of nitrogens with one attached hydrogen (secondary N) is 1. The Bertz CT molecular complexity index is 1850. The summed E-state index contributed by atoms with van der Waals surface area (Å²) in [6, 6.07) is 13.4. The standard InChI is InChI=1S/C37H48N2O14P2/c1-3-5-7-9-11-35(41)51-30-17-13-28(14-18-30)25-48-55(46,49-26-29-15-19-31(20-16-29)52-36(42)12-10-8-6-4-2)53-54(44,45)47-27-32-21-22-34(50-32)39-24-23-33(40)38-37(39)43/h13-24,32,34H,3-12,25-27H2,1-2H3,(H,44,45)(H,38,40,43)/t32-,34+/m0/s1. The molecule has 0 spiro atoms. The monoisotopic (exact) mass is 806 g/mol. The number of nitrogens with zero attached hydrogens (tertiary/aromatic N) is 1. The molecule has 2 aromatic carbocycles. The number of H-pyrrole nitrogens is 1. The fourth-order valence-electron chi connectivity index (χ4n) is 5.14. The van der Waals surface area contributed by atoms with Gasteiger partial charge >= 0.3 is 33.3 Å². The Morgan fingerprint density at radius 3 is 1.76 bits per heavy atom. The highest BCUT2D eigenvalue weighted by atomic mass is 31.3. The van der Waals surface area contributed by atoms with E-state index in [1.165, 1.54) is 42.6 Å². The third-order valence-electron chi connectivity index (χ3n) is 8.09. The molecule has 1 unspecified atom stereocenters. The van der Waals surface area contributed by atoms with Gasteiger partial charge < -0.3 is 19.1 Å². The van der Waals surface area contributed by atoms with Gasteiger partial charge in [-0.05, 0) is 54.3 Å². The second-order valence-electron chi connectivity index (χ2n) is 12.7. The van der Waals surface area contributed by atoms with Gasteiger partial charge in [0.05, 0.1) is 19.8 Å². The van der Waals surface area contributed by atoms with Gasteiger partial charge in [-0.1, -0.05) is 82.7 Å². The van der Waals surface area contributed by atoms with Crippen molar-refractivity contribution >= 4 is 27.6 Å². The van der Waals surface area contributed by atoms with Gasteiger partial charge in [0.25, 0.3) is 5.56 Å². The second kappa shape index (κ2) is 21.9. The highest BCUT2D eigenvalue weighted by Gasteiger charge is 2.39. The quantitative estimate of drug-likeness (QED) is 0.0297. The Hall–Kier alpha value is -3.98. The average Bonchev–Trinajstić information content (AvgIpc) is 3.63. The first-order chi connectivity index (χ1) is 26.4. The number of benzene rings is 2. The molecular formula is C37H48N2O14P2. The van der Waals surface area contributed by atoms with Crippen LogP contribution in [0.1, 0.15) is 95.4 Å². The summed E-state index contributed by atoms with van der Waals surface area (Å²) in [4.78, 5) is 60.5. The molecule has 0 bridgehead atoms. The summed E-state index contributed by atoms with van der Waals surface area (Å²) >= 11 is 0. The average molecular weight is 807 g/mol. The zero-order valence-corrected chi connectivity index (χ0v) is 32.7. The van der Waals surface area contributed by atoms with E-state index in [0.717, 1.165) is 62.0 Å². The number of esters is 2. The van der Waals surface area contributed by atoms with Crippen molar-refractivity contribution in [3.05, 3.63) is 105 Å². The SMILES string of the molecule is CCCCCCC(=O)Oc1ccc(COP(=O)(OCc2ccc(OC(=O)CCCCCC)cc2)OP(=O)(O)OC[C@@H]2C=C[C@H](n3ccc(=O)[nH]c3=O)O2)cc1. The normalized spacial score (nSPS) is 16.5. The highest BCUT2D eigenvalue weighted by Crippen LogP contribution is 2.64. The van der Waals surface area contributed by atoms with Crippen molar-refractivity contribution in [3.8, 4) is 11.5 Å². The summed E-state index contributed by atoms with van der Waals surface area (Å²) in [5.41, 5.74) is -0.431. The second-order valence-corrected chi connectivity index (χ2v) is 15.9. The molecule has 0 saturated carbocycles. The summed E-state index contributed by atoms with van der Waals surface area (Å²) in [5.74, 6) is -0.125. The van der Waals surface area contributed by atoms with Gasteiger partial charge in [-0.2, -0.15) is 4.31 Å². The van der Waals surface area contributed by atoms with Crippen LogP contribution in [0.2, 0.25) is 0 Å². The van der Waals surface area contributed by atoms with Crippen LogP contribution in [-0.2, 0) is 54.6 Å². The number of carbonyl (C=O) groups excluding carboxylic acids is 2. The number of rotatable bonds is 24. The van der Waals surface area contributed by atoms with Gasteiger partial charge in [0.2, 0.25) is 0 Å². The third kappa shape index (κ3) is 15.6. The van der Waals surface area contributed by atoms with Crippen molar-refractivity contribution in [2.45, 2.75) is 104 Å². The third-order valence-corrected chi connectivity index (χ3v) is 11.1. The number of phosphoric acid groups is 2. The van der Waals surface area contributed by atoms with Crippen LogP contribution >= 0.6 is 15.6 Å². The lowest BCUT2D eigenvalue weighted by Gasteiger charge is -2.22. The van der Waals surface area contributed by atoms with Gasteiger partial charge in [-0.15, -0.1) is 0 Å². The topological polar surface area (TPSA) is 208 Å². The van der Waals surface area contributed by atoms with E-state index in [-0.39, 0.29) is 24.8 Å². The smallest absolute Gasteiger partial charge is 0.427 e. The zero-order valence-electron chi connectivity index (χ0n) is 30.9. The Labute approximate surface area is 318 Å². The first-order valence-electron chi connectivity index (χ1n) is 18.2. The Morgan fingerprint density at radius 1 is 0.745 bits per heavy atom.